The molecule has 3 nitrogen and oxygen atoms in total. The van der Waals surface area contributed by atoms with Crippen molar-refractivity contribution in [3.63, 3.8) is 0 Å². The molecule has 80 valence electrons. The molecule has 0 amide bonds. The van der Waals surface area contributed by atoms with Crippen molar-refractivity contribution in [3.05, 3.63) is 35.8 Å². The monoisotopic (exact) mass is 216 g/mol. The van der Waals surface area contributed by atoms with E-state index in [2.05, 4.69) is 4.98 Å². The molecule has 1 N–H and O–H groups in total. The highest BCUT2D eigenvalue weighted by Crippen LogP contribution is 2.27. The normalized spacial score (nSPS) is 11.4. The van der Waals surface area contributed by atoms with Gasteiger partial charge in [0.2, 0.25) is 0 Å². The van der Waals surface area contributed by atoms with Crippen LogP contribution in [-0.4, -0.2) is 15.8 Å². The van der Waals surface area contributed by atoms with Crippen LogP contribution in [0.4, 0.5) is 4.39 Å². The van der Waals surface area contributed by atoms with Gasteiger partial charge in [-0.1, -0.05) is 0 Å². The van der Waals surface area contributed by atoms with Crippen molar-refractivity contribution in [2.24, 2.45) is 7.05 Å². The Balaban J connectivity index is 2.53. The van der Waals surface area contributed by atoms with Gasteiger partial charge >= 0.3 is 0 Å². The van der Waals surface area contributed by atoms with Gasteiger partial charge in [-0.25, -0.2) is 4.39 Å². The van der Waals surface area contributed by atoms with E-state index in [1.165, 1.54) is 12.1 Å². The molecular weight excluding hydrogens is 207 g/mol. The first-order valence-corrected chi connectivity index (χ1v) is 4.92. The smallest absolute Gasteiger partial charge is 0.166 e. The van der Waals surface area contributed by atoms with Crippen molar-refractivity contribution < 1.29 is 9.18 Å². The first-order valence-electron chi connectivity index (χ1n) is 4.92. The fourth-order valence-electron chi connectivity index (χ4n) is 2.12. The SMILES string of the molecule is Cn1c(C=O)cc2[nH]c3ccc(F)cc3c21. The molecule has 0 saturated carbocycles. The third-order valence-corrected chi connectivity index (χ3v) is 2.90. The molecule has 0 aliphatic heterocycles. The molecule has 0 aliphatic carbocycles. The van der Waals surface area contributed by atoms with Gasteiger partial charge in [-0.15, -0.1) is 0 Å². The second-order valence-electron chi connectivity index (χ2n) is 3.82. The third-order valence-electron chi connectivity index (χ3n) is 2.90. The number of nitrogens with zero attached hydrogens (tertiary/aromatic N) is 1. The fraction of sp³-hybridized carbons (Fsp3) is 0.0833. The van der Waals surface area contributed by atoms with Crippen LogP contribution in [0.15, 0.2) is 24.3 Å². The molecule has 2 aromatic heterocycles. The molecule has 1 aromatic carbocycles. The van der Waals surface area contributed by atoms with Gasteiger partial charge in [0.15, 0.2) is 6.29 Å². The number of rotatable bonds is 1. The Morgan fingerprint density at radius 3 is 2.88 bits per heavy atom. The Labute approximate surface area is 90.5 Å². The number of hydrogen-bond donors (Lipinski definition) is 1. The summed E-state index contributed by atoms with van der Waals surface area (Å²) in [5.41, 5.74) is 3.16. The molecule has 2 heterocycles. The molecule has 0 saturated heterocycles. The molecular formula is C12H9FN2O. The standard InChI is InChI=1S/C12H9FN2O/c1-15-8(6-16)5-11-12(15)9-4-7(13)2-3-10(9)14-11/h2-6,14H,1H3. The number of benzene rings is 1. The van der Waals surface area contributed by atoms with Crippen LogP contribution in [0.1, 0.15) is 10.5 Å². The van der Waals surface area contributed by atoms with E-state index in [1.807, 2.05) is 0 Å². The zero-order valence-corrected chi connectivity index (χ0v) is 8.62. The molecule has 0 aliphatic rings. The Morgan fingerprint density at radius 2 is 2.12 bits per heavy atom. The number of halogens is 1. The molecule has 0 bridgehead atoms. The fourth-order valence-corrected chi connectivity index (χ4v) is 2.12. The minimum atomic E-state index is -0.276. The first kappa shape index (κ1) is 9.15. The predicted octanol–water partition coefficient (Wildman–Crippen LogP) is 2.61. The number of carbonyl (C=O) groups excluding carboxylic acids is 1. The molecule has 4 heteroatoms. The summed E-state index contributed by atoms with van der Waals surface area (Å²) in [5, 5.41) is 0.797. The van der Waals surface area contributed by atoms with Crippen molar-refractivity contribution in [2.45, 2.75) is 0 Å². The van der Waals surface area contributed by atoms with Gasteiger partial charge in [-0.05, 0) is 24.3 Å². The van der Waals surface area contributed by atoms with E-state index in [9.17, 15) is 9.18 Å². The second kappa shape index (κ2) is 2.95. The molecule has 0 atom stereocenters. The van der Waals surface area contributed by atoms with Crippen molar-refractivity contribution >= 4 is 28.2 Å². The van der Waals surface area contributed by atoms with Gasteiger partial charge < -0.3 is 9.55 Å². The van der Waals surface area contributed by atoms with Crippen LogP contribution in [0.25, 0.3) is 21.9 Å². The van der Waals surface area contributed by atoms with E-state index in [0.29, 0.717) is 5.69 Å². The largest absolute Gasteiger partial charge is 0.353 e. The van der Waals surface area contributed by atoms with Crippen LogP contribution >= 0.6 is 0 Å². The Hall–Kier alpha value is -2.10. The highest BCUT2D eigenvalue weighted by molar-refractivity contribution is 6.07. The molecule has 0 unspecified atom stereocenters. The molecule has 0 radical (unpaired) electrons. The Morgan fingerprint density at radius 1 is 1.31 bits per heavy atom. The summed E-state index contributed by atoms with van der Waals surface area (Å²) in [6.07, 6.45) is 0.791. The quantitative estimate of drug-likeness (QED) is 0.624. The highest BCUT2D eigenvalue weighted by Gasteiger charge is 2.11. The van der Waals surface area contributed by atoms with E-state index in [1.54, 1.807) is 23.7 Å². The van der Waals surface area contributed by atoms with Gasteiger partial charge in [0.25, 0.3) is 0 Å². The lowest BCUT2D eigenvalue weighted by Gasteiger charge is -1.97. The van der Waals surface area contributed by atoms with Crippen molar-refractivity contribution in [3.8, 4) is 0 Å². The van der Waals surface area contributed by atoms with Crippen LogP contribution in [0.5, 0.6) is 0 Å². The van der Waals surface area contributed by atoms with Crippen LogP contribution in [0, 0.1) is 5.82 Å². The minimum Gasteiger partial charge on any atom is -0.353 e. The van der Waals surface area contributed by atoms with Crippen molar-refractivity contribution in [1.82, 2.24) is 9.55 Å². The number of aryl methyl sites for hydroxylation is 1. The average molecular weight is 216 g/mol. The summed E-state index contributed by atoms with van der Waals surface area (Å²) >= 11 is 0. The molecule has 3 rings (SSSR count). The molecule has 0 fully saturated rings. The number of aromatic amines is 1. The van der Waals surface area contributed by atoms with E-state index in [4.69, 9.17) is 0 Å². The minimum absolute atomic E-state index is 0.276. The zero-order chi connectivity index (χ0) is 11.3. The summed E-state index contributed by atoms with van der Waals surface area (Å²) in [7, 11) is 1.80. The van der Waals surface area contributed by atoms with E-state index >= 15 is 0 Å². The van der Waals surface area contributed by atoms with E-state index in [0.717, 1.165) is 28.2 Å². The lowest BCUT2D eigenvalue weighted by Crippen LogP contribution is -1.93. The predicted molar refractivity (Wildman–Crippen MR) is 60.1 cm³/mol. The topological polar surface area (TPSA) is 37.8 Å². The van der Waals surface area contributed by atoms with Crippen molar-refractivity contribution in [2.75, 3.05) is 0 Å². The van der Waals surface area contributed by atoms with E-state index < -0.39 is 0 Å². The number of carbonyl (C=O) groups is 1. The maximum absolute atomic E-state index is 13.2. The number of fused-ring (bicyclic) bond motifs is 3. The Bertz CT molecular complexity index is 709. The van der Waals surface area contributed by atoms with Gasteiger partial charge in [-0.3, -0.25) is 4.79 Å². The van der Waals surface area contributed by atoms with Gasteiger partial charge in [0.1, 0.15) is 5.82 Å². The number of H-pyrrole nitrogens is 1. The van der Waals surface area contributed by atoms with Crippen LogP contribution in [0.2, 0.25) is 0 Å². The first-order chi connectivity index (χ1) is 7.70. The number of aldehydes is 1. The maximum Gasteiger partial charge on any atom is 0.166 e. The van der Waals surface area contributed by atoms with Gasteiger partial charge in [0, 0.05) is 18.0 Å². The van der Waals surface area contributed by atoms with Crippen LogP contribution in [-0.2, 0) is 7.05 Å². The Kier molecular flexibility index (Phi) is 1.68. The third kappa shape index (κ3) is 1.04. The summed E-state index contributed by atoms with van der Waals surface area (Å²) in [6, 6.07) is 6.35. The number of aromatic nitrogens is 2. The summed E-state index contributed by atoms with van der Waals surface area (Å²) in [5.74, 6) is -0.276. The highest BCUT2D eigenvalue weighted by atomic mass is 19.1. The molecule has 0 spiro atoms. The number of nitrogens with one attached hydrogen (secondary N) is 1. The van der Waals surface area contributed by atoms with E-state index in [-0.39, 0.29) is 5.82 Å². The van der Waals surface area contributed by atoms with Gasteiger partial charge in [-0.2, -0.15) is 0 Å². The zero-order valence-electron chi connectivity index (χ0n) is 8.62. The van der Waals surface area contributed by atoms with Gasteiger partial charge in [0.05, 0.1) is 16.7 Å². The molecule has 16 heavy (non-hydrogen) atoms. The summed E-state index contributed by atoms with van der Waals surface area (Å²) < 4.78 is 14.9. The van der Waals surface area contributed by atoms with Crippen LogP contribution in [0.3, 0.4) is 0 Å². The number of hydrogen-bond acceptors (Lipinski definition) is 1. The summed E-state index contributed by atoms with van der Waals surface area (Å²) in [6.45, 7) is 0. The second-order valence-corrected chi connectivity index (χ2v) is 3.82. The van der Waals surface area contributed by atoms with Crippen LogP contribution < -0.4 is 0 Å². The lowest BCUT2D eigenvalue weighted by atomic mass is 10.2. The van der Waals surface area contributed by atoms with Crippen molar-refractivity contribution in [1.29, 1.82) is 0 Å². The lowest BCUT2D eigenvalue weighted by molar-refractivity contribution is 0.111. The average Bonchev–Trinajstić information content (AvgIpc) is 2.76. The summed E-state index contributed by atoms with van der Waals surface area (Å²) in [4.78, 5) is 13.9. The molecule has 3 aromatic rings. The maximum atomic E-state index is 13.2.